The lowest BCUT2D eigenvalue weighted by Crippen LogP contribution is -2.29. The van der Waals surface area contributed by atoms with Crippen LogP contribution in [0, 0.1) is 0 Å². The monoisotopic (exact) mass is 330 g/mol. The minimum Gasteiger partial charge on any atom is -0.281 e. The molecule has 122 valence electrons. The topological polar surface area (TPSA) is 84.7 Å². The van der Waals surface area contributed by atoms with Crippen LogP contribution in [0.3, 0.4) is 0 Å². The summed E-state index contributed by atoms with van der Waals surface area (Å²) in [5.74, 6) is 0.235. The van der Waals surface area contributed by atoms with E-state index in [1.54, 1.807) is 23.0 Å². The van der Waals surface area contributed by atoms with E-state index < -0.39 is 0 Å². The van der Waals surface area contributed by atoms with Crippen LogP contribution in [0.1, 0.15) is 10.4 Å². The van der Waals surface area contributed by atoms with Gasteiger partial charge in [-0.3, -0.25) is 15.6 Å². The van der Waals surface area contributed by atoms with Gasteiger partial charge in [0.25, 0.3) is 5.91 Å². The molecule has 0 saturated carbocycles. The Kier molecular flexibility index (Phi) is 3.80. The van der Waals surface area contributed by atoms with Crippen molar-refractivity contribution < 1.29 is 4.79 Å². The second kappa shape index (κ2) is 6.40. The minimum absolute atomic E-state index is 0.247. The summed E-state index contributed by atoms with van der Waals surface area (Å²) in [6.07, 6.45) is 3.10. The molecule has 7 heteroatoms. The van der Waals surface area contributed by atoms with Crippen LogP contribution in [0.4, 0.5) is 5.82 Å². The molecule has 2 aromatic carbocycles. The third-order valence-electron chi connectivity index (χ3n) is 3.70. The Labute approximate surface area is 143 Å². The average Bonchev–Trinajstić information content (AvgIpc) is 3.12. The Bertz CT molecular complexity index is 1010. The predicted molar refractivity (Wildman–Crippen MR) is 94.2 cm³/mol. The van der Waals surface area contributed by atoms with E-state index in [-0.39, 0.29) is 5.91 Å². The van der Waals surface area contributed by atoms with Gasteiger partial charge in [-0.15, -0.1) is 0 Å². The first-order valence-corrected chi connectivity index (χ1v) is 7.68. The first kappa shape index (κ1) is 14.8. The van der Waals surface area contributed by atoms with E-state index in [4.69, 9.17) is 0 Å². The maximum absolute atomic E-state index is 12.1. The molecule has 0 bridgehead atoms. The Morgan fingerprint density at radius 3 is 2.40 bits per heavy atom. The van der Waals surface area contributed by atoms with E-state index in [2.05, 4.69) is 25.9 Å². The fraction of sp³-hybridized carbons (Fsp3) is 0. The third kappa shape index (κ3) is 2.90. The summed E-state index contributed by atoms with van der Waals surface area (Å²) < 4.78 is 1.72. The Hall–Kier alpha value is -3.74. The van der Waals surface area contributed by atoms with Crippen LogP contribution < -0.4 is 10.9 Å². The van der Waals surface area contributed by atoms with Crippen molar-refractivity contribution in [2.24, 2.45) is 0 Å². The molecular formula is C18H14N6O. The minimum atomic E-state index is -0.247. The number of aromatic nitrogens is 4. The Balaban J connectivity index is 1.61. The van der Waals surface area contributed by atoms with Gasteiger partial charge in [0.1, 0.15) is 6.33 Å². The highest BCUT2D eigenvalue weighted by Crippen LogP contribution is 2.20. The van der Waals surface area contributed by atoms with E-state index in [1.165, 1.54) is 6.33 Å². The van der Waals surface area contributed by atoms with Gasteiger partial charge in [-0.2, -0.15) is 5.10 Å². The number of hydrazine groups is 1. The van der Waals surface area contributed by atoms with E-state index in [1.807, 2.05) is 48.5 Å². The van der Waals surface area contributed by atoms with Gasteiger partial charge in [0.15, 0.2) is 11.5 Å². The molecule has 0 atom stereocenters. The average molecular weight is 330 g/mol. The van der Waals surface area contributed by atoms with Crippen LogP contribution in [0.15, 0.2) is 73.2 Å². The number of anilines is 1. The second-order valence-electron chi connectivity index (χ2n) is 5.30. The number of carbonyl (C=O) groups is 1. The maximum Gasteiger partial charge on any atom is 0.269 e. The quantitative estimate of drug-likeness (QED) is 0.562. The van der Waals surface area contributed by atoms with E-state index in [0.29, 0.717) is 22.4 Å². The van der Waals surface area contributed by atoms with Crippen LogP contribution in [-0.2, 0) is 0 Å². The number of nitrogens with one attached hydrogen (secondary N) is 2. The molecule has 0 saturated heterocycles. The van der Waals surface area contributed by atoms with Crippen molar-refractivity contribution in [1.29, 1.82) is 0 Å². The van der Waals surface area contributed by atoms with Gasteiger partial charge in [0.2, 0.25) is 0 Å². The van der Waals surface area contributed by atoms with Crippen molar-refractivity contribution in [2.75, 3.05) is 5.43 Å². The van der Waals surface area contributed by atoms with Gasteiger partial charge in [-0.1, -0.05) is 36.4 Å². The first-order valence-electron chi connectivity index (χ1n) is 7.68. The van der Waals surface area contributed by atoms with Crippen LogP contribution >= 0.6 is 0 Å². The van der Waals surface area contributed by atoms with Crippen molar-refractivity contribution in [3.8, 4) is 5.69 Å². The summed E-state index contributed by atoms with van der Waals surface area (Å²) in [6, 6.07) is 18.6. The van der Waals surface area contributed by atoms with Crippen LogP contribution in [0.25, 0.3) is 16.7 Å². The van der Waals surface area contributed by atoms with Crippen molar-refractivity contribution in [2.45, 2.75) is 0 Å². The molecule has 25 heavy (non-hydrogen) atoms. The Morgan fingerprint density at radius 1 is 0.920 bits per heavy atom. The fourth-order valence-electron chi connectivity index (χ4n) is 2.48. The standard InChI is InChI=1S/C18H14N6O/c25-18(13-7-3-1-4-8-13)23-22-16-15-11-21-24(17(15)20-12-19-16)14-9-5-2-6-10-14/h1-12H,(H,23,25)(H,19,20,22). The zero-order valence-corrected chi connectivity index (χ0v) is 13.1. The number of nitrogens with zero attached hydrogens (tertiary/aromatic N) is 4. The van der Waals surface area contributed by atoms with Crippen LogP contribution in [0.2, 0.25) is 0 Å². The highest BCUT2D eigenvalue weighted by Gasteiger charge is 2.12. The van der Waals surface area contributed by atoms with Crippen molar-refractivity contribution in [3.05, 3.63) is 78.8 Å². The van der Waals surface area contributed by atoms with Crippen LogP contribution in [-0.4, -0.2) is 25.7 Å². The molecule has 1 amide bonds. The Morgan fingerprint density at radius 2 is 1.64 bits per heavy atom. The number of para-hydroxylation sites is 1. The number of carbonyl (C=O) groups excluding carboxylic acids is 1. The molecule has 2 heterocycles. The summed E-state index contributed by atoms with van der Waals surface area (Å²) in [6.45, 7) is 0. The molecule has 0 fully saturated rings. The molecule has 2 aromatic heterocycles. The number of hydrogen-bond donors (Lipinski definition) is 2. The number of fused-ring (bicyclic) bond motifs is 1. The highest BCUT2D eigenvalue weighted by molar-refractivity contribution is 5.96. The van der Waals surface area contributed by atoms with E-state index in [9.17, 15) is 4.79 Å². The largest absolute Gasteiger partial charge is 0.281 e. The van der Waals surface area contributed by atoms with E-state index in [0.717, 1.165) is 5.69 Å². The van der Waals surface area contributed by atoms with Crippen molar-refractivity contribution in [3.63, 3.8) is 0 Å². The van der Waals surface area contributed by atoms with Crippen molar-refractivity contribution in [1.82, 2.24) is 25.2 Å². The summed E-state index contributed by atoms with van der Waals surface area (Å²) in [5.41, 5.74) is 7.59. The SMILES string of the molecule is O=C(NNc1ncnc2c1cnn2-c1ccccc1)c1ccccc1. The molecule has 2 N–H and O–H groups in total. The van der Waals surface area contributed by atoms with Gasteiger partial charge < -0.3 is 0 Å². The number of hydrogen-bond acceptors (Lipinski definition) is 5. The lowest BCUT2D eigenvalue weighted by atomic mass is 10.2. The molecule has 4 aromatic rings. The lowest BCUT2D eigenvalue weighted by molar-refractivity contribution is 0.0962. The number of rotatable bonds is 4. The molecule has 0 spiro atoms. The van der Waals surface area contributed by atoms with Crippen LogP contribution in [0.5, 0.6) is 0 Å². The highest BCUT2D eigenvalue weighted by atomic mass is 16.2. The summed E-state index contributed by atoms with van der Waals surface area (Å²) in [7, 11) is 0. The number of benzene rings is 2. The zero-order chi connectivity index (χ0) is 17.1. The third-order valence-corrected chi connectivity index (χ3v) is 3.70. The molecule has 4 rings (SSSR count). The molecule has 0 radical (unpaired) electrons. The van der Waals surface area contributed by atoms with Gasteiger partial charge >= 0.3 is 0 Å². The fourth-order valence-corrected chi connectivity index (χ4v) is 2.48. The lowest BCUT2D eigenvalue weighted by Gasteiger charge is -2.08. The predicted octanol–water partition coefficient (Wildman–Crippen LogP) is 2.57. The van der Waals surface area contributed by atoms with Gasteiger partial charge in [-0.05, 0) is 24.3 Å². The molecular weight excluding hydrogens is 316 g/mol. The van der Waals surface area contributed by atoms with Gasteiger partial charge in [-0.25, -0.2) is 14.6 Å². The smallest absolute Gasteiger partial charge is 0.269 e. The maximum atomic E-state index is 12.1. The normalized spacial score (nSPS) is 10.6. The molecule has 0 aliphatic carbocycles. The molecule has 0 aliphatic heterocycles. The number of amides is 1. The molecule has 0 aliphatic rings. The molecule has 7 nitrogen and oxygen atoms in total. The van der Waals surface area contributed by atoms with Gasteiger partial charge in [0, 0.05) is 5.56 Å². The summed E-state index contributed by atoms with van der Waals surface area (Å²) in [4.78, 5) is 20.6. The molecule has 0 unspecified atom stereocenters. The first-order chi connectivity index (χ1) is 12.3. The van der Waals surface area contributed by atoms with E-state index >= 15 is 0 Å². The zero-order valence-electron chi connectivity index (χ0n) is 13.1. The van der Waals surface area contributed by atoms with Crippen molar-refractivity contribution >= 4 is 22.8 Å². The summed E-state index contributed by atoms with van der Waals surface area (Å²) >= 11 is 0. The second-order valence-corrected chi connectivity index (χ2v) is 5.30. The van der Waals surface area contributed by atoms with Gasteiger partial charge in [0.05, 0.1) is 17.3 Å². The summed E-state index contributed by atoms with van der Waals surface area (Å²) in [5, 5.41) is 5.08.